The number of carbonyl (C=O) groups excluding carboxylic acids is 1. The molecule has 0 aliphatic rings. The Morgan fingerprint density at radius 1 is 0.962 bits per heavy atom. The highest BCUT2D eigenvalue weighted by molar-refractivity contribution is 5.94. The Hall–Kier alpha value is -5.82. The van der Waals surface area contributed by atoms with Crippen LogP contribution in [0, 0.1) is 10.8 Å². The average Bonchev–Trinajstić information content (AvgIpc) is 3.01. The largest absolute Gasteiger partial charge is 0.493 e. The normalized spacial score (nSPS) is 11.3. The van der Waals surface area contributed by atoms with E-state index in [-0.39, 0.29) is 42.1 Å². The molecular weight excluding hydrogens is 720 g/mol. The molecule has 1 amide bonds. The zero-order valence-corrected chi connectivity index (χ0v) is 29.3. The first-order valence-corrected chi connectivity index (χ1v) is 15.4. The molecule has 3 rings (SSSR count). The molecule has 1 heterocycles. The first-order chi connectivity index (χ1) is 24.2. The summed E-state index contributed by atoms with van der Waals surface area (Å²) in [5.41, 5.74) is 14.4. The molecule has 9 N–H and O–H groups in total. The zero-order chi connectivity index (χ0) is 40.9. The van der Waals surface area contributed by atoms with Crippen LogP contribution in [-0.4, -0.2) is 68.4 Å². The number of benzene rings is 2. The molecule has 0 fully saturated rings. The van der Waals surface area contributed by atoms with Gasteiger partial charge in [0.1, 0.15) is 18.1 Å². The molecule has 53 heavy (non-hydrogen) atoms. The molecule has 2 aromatic carbocycles. The minimum Gasteiger partial charge on any atom is -0.493 e. The van der Waals surface area contributed by atoms with E-state index in [0.29, 0.717) is 34.9 Å². The van der Waals surface area contributed by atoms with Gasteiger partial charge in [-0.2, -0.15) is 26.3 Å². The maximum absolute atomic E-state index is 13.4. The molecule has 0 saturated carbocycles. The molecule has 0 aliphatic carbocycles. The molecular formula is C33H41F6N7O7. The number of nitrogens with one attached hydrogen (secondary N) is 3. The van der Waals surface area contributed by atoms with Crippen LogP contribution in [0.3, 0.4) is 0 Å². The van der Waals surface area contributed by atoms with E-state index in [2.05, 4.69) is 36.4 Å². The first-order valence-electron chi connectivity index (χ1n) is 15.4. The standard InChI is InChI=1S/C29H39N7O3.2C2HF3O2/c1-18(2)35-27-28(38)36(17-25(37)33-15-19-6-8-20(9-7-19)26(31)32)24(16-34-27)21-12-22(30)14-23(13-21)39-11-10-29(3,4)5;2*3-2(4,5)1(6)7/h6-9,12-14,16,18H,10-11,15,17,30H2,1-5H3,(H3,31,32)(H,33,37)(H,34,35);2*(H,6,7). The van der Waals surface area contributed by atoms with Gasteiger partial charge >= 0.3 is 24.3 Å². The van der Waals surface area contributed by atoms with Gasteiger partial charge in [0.25, 0.3) is 5.56 Å². The number of anilines is 2. The molecule has 0 radical (unpaired) electrons. The second-order valence-corrected chi connectivity index (χ2v) is 12.6. The van der Waals surface area contributed by atoms with Crippen molar-refractivity contribution in [2.75, 3.05) is 17.7 Å². The van der Waals surface area contributed by atoms with Gasteiger partial charge in [-0.05, 0) is 43.4 Å². The van der Waals surface area contributed by atoms with E-state index in [4.69, 9.17) is 41.4 Å². The number of nitrogens with two attached hydrogens (primary N) is 2. The quantitative estimate of drug-likeness (QED) is 0.0595. The summed E-state index contributed by atoms with van der Waals surface area (Å²) in [5.74, 6) is -5.14. The van der Waals surface area contributed by atoms with Gasteiger partial charge in [-0.3, -0.25) is 19.6 Å². The van der Waals surface area contributed by atoms with E-state index in [0.717, 1.165) is 12.0 Å². The summed E-state index contributed by atoms with van der Waals surface area (Å²) < 4.78 is 70.8. The van der Waals surface area contributed by atoms with Gasteiger partial charge in [0.15, 0.2) is 5.82 Å². The second kappa shape index (κ2) is 19.1. The molecule has 292 valence electrons. The van der Waals surface area contributed by atoms with Crippen molar-refractivity contribution in [3.63, 3.8) is 0 Å². The summed E-state index contributed by atoms with van der Waals surface area (Å²) in [6.45, 7) is 10.8. The van der Waals surface area contributed by atoms with E-state index < -0.39 is 29.9 Å². The number of halogens is 6. The van der Waals surface area contributed by atoms with E-state index in [1.165, 1.54) is 4.57 Å². The molecule has 14 nitrogen and oxygen atoms in total. The number of ether oxygens (including phenoxy) is 1. The third kappa shape index (κ3) is 16.8. The van der Waals surface area contributed by atoms with Gasteiger partial charge in [0, 0.05) is 35.5 Å². The number of aliphatic carboxylic acids is 2. The lowest BCUT2D eigenvalue weighted by molar-refractivity contribution is -0.193. The summed E-state index contributed by atoms with van der Waals surface area (Å²) in [6.07, 6.45) is -7.75. The number of alkyl halides is 6. The Morgan fingerprint density at radius 3 is 1.94 bits per heavy atom. The fourth-order valence-electron chi connectivity index (χ4n) is 3.78. The number of aromatic nitrogens is 2. The van der Waals surface area contributed by atoms with Gasteiger partial charge in [0.05, 0.1) is 18.5 Å². The smallest absolute Gasteiger partial charge is 0.490 e. The van der Waals surface area contributed by atoms with Crippen molar-refractivity contribution in [2.45, 2.75) is 72.5 Å². The van der Waals surface area contributed by atoms with E-state index >= 15 is 0 Å². The van der Waals surface area contributed by atoms with Crippen LogP contribution in [0.4, 0.5) is 37.8 Å². The molecule has 0 atom stereocenters. The van der Waals surface area contributed by atoms with Crippen molar-refractivity contribution in [2.24, 2.45) is 11.1 Å². The van der Waals surface area contributed by atoms with Crippen LogP contribution in [0.25, 0.3) is 11.3 Å². The minimum atomic E-state index is -5.08. The molecule has 0 bridgehead atoms. The predicted octanol–water partition coefficient (Wildman–Crippen LogP) is 4.99. The van der Waals surface area contributed by atoms with Gasteiger partial charge in [-0.1, -0.05) is 45.0 Å². The Labute approximate surface area is 299 Å². The summed E-state index contributed by atoms with van der Waals surface area (Å²) in [5, 5.41) is 27.7. The molecule has 1 aromatic heterocycles. The van der Waals surface area contributed by atoms with E-state index in [1.807, 2.05) is 13.8 Å². The summed E-state index contributed by atoms with van der Waals surface area (Å²) in [4.78, 5) is 48.5. The van der Waals surface area contributed by atoms with Crippen LogP contribution < -0.4 is 32.4 Å². The molecule has 20 heteroatoms. The number of rotatable bonds is 11. The lowest BCUT2D eigenvalue weighted by Gasteiger charge is -2.19. The SMILES string of the molecule is CC(C)Nc1ncc(-c2cc(N)cc(OCCC(C)(C)C)c2)n(CC(=O)NCc2ccc(C(=N)N)cc2)c1=O.O=C(O)C(F)(F)F.O=C(O)C(F)(F)F. The molecule has 0 unspecified atom stereocenters. The van der Waals surface area contributed by atoms with Crippen LogP contribution >= 0.6 is 0 Å². The minimum absolute atomic E-state index is 0.0218. The van der Waals surface area contributed by atoms with E-state index in [1.54, 1.807) is 48.7 Å². The lowest BCUT2D eigenvalue weighted by Crippen LogP contribution is -2.35. The highest BCUT2D eigenvalue weighted by Gasteiger charge is 2.38. The third-order valence-electron chi connectivity index (χ3n) is 6.37. The lowest BCUT2D eigenvalue weighted by atomic mass is 9.93. The first kappa shape index (κ1) is 45.2. The van der Waals surface area contributed by atoms with Crippen LogP contribution in [-0.2, 0) is 27.5 Å². The summed E-state index contributed by atoms with van der Waals surface area (Å²) >= 11 is 0. The molecule has 3 aromatic rings. The Bertz CT molecular complexity index is 1760. The molecule has 0 aliphatic heterocycles. The Balaban J connectivity index is 0.000000845. The number of hydrogen-bond donors (Lipinski definition) is 7. The monoisotopic (exact) mass is 761 g/mol. The van der Waals surface area contributed by atoms with Crippen LogP contribution in [0.2, 0.25) is 0 Å². The maximum atomic E-state index is 13.4. The van der Waals surface area contributed by atoms with Crippen LogP contribution in [0.1, 0.15) is 52.2 Å². The number of carbonyl (C=O) groups is 3. The number of amides is 1. The number of nitrogen functional groups attached to an aromatic ring is 2. The van der Waals surface area contributed by atoms with Crippen molar-refractivity contribution in [1.29, 1.82) is 5.41 Å². The molecule has 0 spiro atoms. The van der Waals surface area contributed by atoms with Gasteiger partial charge in [-0.15, -0.1) is 0 Å². The van der Waals surface area contributed by atoms with Crippen LogP contribution in [0.5, 0.6) is 5.75 Å². The van der Waals surface area contributed by atoms with Crippen molar-refractivity contribution < 1.29 is 55.7 Å². The fourth-order valence-corrected chi connectivity index (χ4v) is 3.78. The predicted molar refractivity (Wildman–Crippen MR) is 183 cm³/mol. The number of carboxylic acid groups (broad SMARTS) is 2. The van der Waals surface area contributed by atoms with Gasteiger partial charge < -0.3 is 37.1 Å². The van der Waals surface area contributed by atoms with Gasteiger partial charge in [-0.25, -0.2) is 14.6 Å². The Kier molecular flexibility index (Phi) is 16.3. The van der Waals surface area contributed by atoms with Crippen molar-refractivity contribution >= 4 is 35.2 Å². The summed E-state index contributed by atoms with van der Waals surface area (Å²) in [7, 11) is 0. The van der Waals surface area contributed by atoms with Crippen LogP contribution in [0.15, 0.2) is 53.5 Å². The maximum Gasteiger partial charge on any atom is 0.490 e. The fraction of sp³-hybridized carbons (Fsp3) is 0.394. The van der Waals surface area contributed by atoms with Gasteiger partial charge in [0.2, 0.25) is 5.91 Å². The highest BCUT2D eigenvalue weighted by Crippen LogP contribution is 2.28. The highest BCUT2D eigenvalue weighted by atomic mass is 19.4. The van der Waals surface area contributed by atoms with E-state index in [9.17, 15) is 35.9 Å². The molecule has 0 saturated heterocycles. The van der Waals surface area contributed by atoms with Crippen molar-refractivity contribution in [3.05, 3.63) is 70.1 Å². The summed E-state index contributed by atoms with van der Waals surface area (Å²) in [6, 6.07) is 12.3. The van der Waals surface area contributed by atoms with Crippen molar-refractivity contribution in [1.82, 2.24) is 14.9 Å². The average molecular weight is 762 g/mol. The number of hydrogen-bond acceptors (Lipinski definition) is 9. The third-order valence-corrected chi connectivity index (χ3v) is 6.37. The zero-order valence-electron chi connectivity index (χ0n) is 29.3. The number of amidine groups is 1. The number of carboxylic acids is 2. The van der Waals surface area contributed by atoms with Crippen molar-refractivity contribution in [3.8, 4) is 17.0 Å². The number of nitrogens with zero attached hydrogens (tertiary/aromatic N) is 2. The topological polar surface area (TPSA) is 236 Å². The second-order valence-electron chi connectivity index (χ2n) is 12.6. The Morgan fingerprint density at radius 2 is 1.49 bits per heavy atom.